The smallest absolute Gasteiger partial charge is 0.123 e. The fraction of sp³-hybridized carbons (Fsp3) is 0.294. The van der Waals surface area contributed by atoms with Crippen molar-refractivity contribution in [2.24, 2.45) is 5.92 Å². The number of aryl methyl sites for hydroxylation is 1. The zero-order chi connectivity index (χ0) is 13.1. The molecule has 0 bridgehead atoms. The van der Waals surface area contributed by atoms with Crippen LogP contribution in [-0.2, 0) is 0 Å². The van der Waals surface area contributed by atoms with Gasteiger partial charge in [-0.25, -0.2) is 4.39 Å². The summed E-state index contributed by atoms with van der Waals surface area (Å²) in [7, 11) is 0. The number of benzene rings is 2. The summed E-state index contributed by atoms with van der Waals surface area (Å²) in [6.45, 7) is 6.30. The van der Waals surface area contributed by atoms with Gasteiger partial charge in [0, 0.05) is 5.92 Å². The second kappa shape index (κ2) is 5.34. The van der Waals surface area contributed by atoms with Crippen molar-refractivity contribution in [3.8, 4) is 0 Å². The van der Waals surface area contributed by atoms with Gasteiger partial charge in [0.1, 0.15) is 5.82 Å². The number of hydrogen-bond donors (Lipinski definition) is 0. The third-order valence-corrected chi connectivity index (χ3v) is 3.25. The second-order valence-electron chi connectivity index (χ2n) is 5.19. The summed E-state index contributed by atoms with van der Waals surface area (Å²) >= 11 is 0. The van der Waals surface area contributed by atoms with E-state index in [9.17, 15) is 4.39 Å². The predicted molar refractivity (Wildman–Crippen MR) is 74.3 cm³/mol. The lowest BCUT2D eigenvalue weighted by atomic mass is 9.82. The summed E-state index contributed by atoms with van der Waals surface area (Å²) in [6, 6.07) is 15.6. The lowest BCUT2D eigenvalue weighted by Gasteiger charge is -2.22. The van der Waals surface area contributed by atoms with Crippen molar-refractivity contribution < 1.29 is 4.39 Å². The predicted octanol–water partition coefficient (Wildman–Crippen LogP) is 4.92. The molecular weight excluding hydrogens is 223 g/mol. The standard InChI is InChI=1S/C17H19F/c1-12(2)17(14-7-5-4-6-8-14)15-9-13(3)10-16(18)11-15/h4-12,17H,1-3H3. The fourth-order valence-electron chi connectivity index (χ4n) is 2.57. The Balaban J connectivity index is 2.48. The highest BCUT2D eigenvalue weighted by atomic mass is 19.1. The Labute approximate surface area is 108 Å². The van der Waals surface area contributed by atoms with Crippen LogP contribution < -0.4 is 0 Å². The second-order valence-corrected chi connectivity index (χ2v) is 5.19. The van der Waals surface area contributed by atoms with Gasteiger partial charge in [0.15, 0.2) is 0 Å². The molecule has 0 amide bonds. The van der Waals surface area contributed by atoms with Gasteiger partial charge in [-0.2, -0.15) is 0 Å². The highest BCUT2D eigenvalue weighted by Crippen LogP contribution is 2.32. The third-order valence-electron chi connectivity index (χ3n) is 3.25. The van der Waals surface area contributed by atoms with E-state index in [1.54, 1.807) is 12.1 Å². The van der Waals surface area contributed by atoms with Gasteiger partial charge in [-0.1, -0.05) is 50.2 Å². The van der Waals surface area contributed by atoms with Crippen LogP contribution in [0.4, 0.5) is 4.39 Å². The lowest BCUT2D eigenvalue weighted by molar-refractivity contribution is 0.556. The minimum atomic E-state index is -0.147. The maximum Gasteiger partial charge on any atom is 0.123 e. The highest BCUT2D eigenvalue weighted by molar-refractivity contribution is 5.35. The van der Waals surface area contributed by atoms with Crippen LogP contribution in [0.15, 0.2) is 48.5 Å². The van der Waals surface area contributed by atoms with E-state index in [-0.39, 0.29) is 11.7 Å². The van der Waals surface area contributed by atoms with E-state index in [0.717, 1.165) is 11.1 Å². The van der Waals surface area contributed by atoms with Crippen molar-refractivity contribution in [1.29, 1.82) is 0 Å². The van der Waals surface area contributed by atoms with Crippen molar-refractivity contribution in [2.75, 3.05) is 0 Å². The molecule has 0 radical (unpaired) electrons. The molecule has 0 heterocycles. The van der Waals surface area contributed by atoms with Crippen LogP contribution in [-0.4, -0.2) is 0 Å². The Bertz CT molecular complexity index is 494. The van der Waals surface area contributed by atoms with Crippen LogP contribution in [0.3, 0.4) is 0 Å². The Hall–Kier alpha value is -1.63. The molecule has 0 aliphatic rings. The quantitative estimate of drug-likeness (QED) is 0.716. The van der Waals surface area contributed by atoms with Crippen molar-refractivity contribution >= 4 is 0 Å². The molecule has 1 heteroatoms. The van der Waals surface area contributed by atoms with Gasteiger partial charge in [0.05, 0.1) is 0 Å². The molecule has 0 saturated carbocycles. The summed E-state index contributed by atoms with van der Waals surface area (Å²) in [4.78, 5) is 0. The Morgan fingerprint density at radius 1 is 0.889 bits per heavy atom. The maximum absolute atomic E-state index is 13.6. The molecule has 0 fully saturated rings. The largest absolute Gasteiger partial charge is 0.207 e. The van der Waals surface area contributed by atoms with Crippen molar-refractivity contribution in [3.63, 3.8) is 0 Å². The molecule has 0 aromatic heterocycles. The van der Waals surface area contributed by atoms with E-state index < -0.39 is 0 Å². The number of rotatable bonds is 3. The van der Waals surface area contributed by atoms with Crippen molar-refractivity contribution in [3.05, 3.63) is 71.0 Å². The normalized spacial score (nSPS) is 12.7. The minimum Gasteiger partial charge on any atom is -0.207 e. The zero-order valence-electron chi connectivity index (χ0n) is 11.2. The van der Waals surface area contributed by atoms with Gasteiger partial charge < -0.3 is 0 Å². The van der Waals surface area contributed by atoms with Crippen LogP contribution >= 0.6 is 0 Å². The first kappa shape index (κ1) is 12.8. The Kier molecular flexibility index (Phi) is 3.81. The number of hydrogen-bond acceptors (Lipinski definition) is 0. The molecule has 2 aromatic rings. The van der Waals surface area contributed by atoms with Gasteiger partial charge in [-0.3, -0.25) is 0 Å². The molecule has 0 saturated heterocycles. The summed E-state index contributed by atoms with van der Waals surface area (Å²) in [6.07, 6.45) is 0. The van der Waals surface area contributed by atoms with Crippen LogP contribution in [0.2, 0.25) is 0 Å². The van der Waals surface area contributed by atoms with Crippen molar-refractivity contribution in [2.45, 2.75) is 26.7 Å². The number of halogens is 1. The molecule has 0 aliphatic carbocycles. The zero-order valence-corrected chi connectivity index (χ0v) is 11.2. The first-order valence-corrected chi connectivity index (χ1v) is 6.40. The Morgan fingerprint density at radius 2 is 1.56 bits per heavy atom. The van der Waals surface area contributed by atoms with E-state index in [2.05, 4.69) is 32.0 Å². The topological polar surface area (TPSA) is 0 Å². The van der Waals surface area contributed by atoms with Gasteiger partial charge >= 0.3 is 0 Å². The molecule has 2 rings (SSSR count). The summed E-state index contributed by atoms with van der Waals surface area (Å²) < 4.78 is 13.6. The first-order valence-electron chi connectivity index (χ1n) is 6.40. The third kappa shape index (κ3) is 2.79. The van der Waals surface area contributed by atoms with Gasteiger partial charge in [0.2, 0.25) is 0 Å². The van der Waals surface area contributed by atoms with Gasteiger partial charge in [-0.15, -0.1) is 0 Å². The molecule has 0 N–H and O–H groups in total. The molecular formula is C17H19F. The van der Waals surface area contributed by atoms with Crippen LogP contribution in [0.25, 0.3) is 0 Å². The van der Waals surface area contributed by atoms with Crippen LogP contribution in [0.5, 0.6) is 0 Å². The van der Waals surface area contributed by atoms with E-state index in [0.29, 0.717) is 5.92 Å². The molecule has 0 aliphatic heterocycles. The fourth-order valence-corrected chi connectivity index (χ4v) is 2.57. The molecule has 0 spiro atoms. The van der Waals surface area contributed by atoms with E-state index >= 15 is 0 Å². The lowest BCUT2D eigenvalue weighted by Crippen LogP contribution is -2.09. The van der Waals surface area contributed by atoms with Gasteiger partial charge in [0.25, 0.3) is 0 Å². The Morgan fingerprint density at radius 3 is 2.11 bits per heavy atom. The molecule has 0 nitrogen and oxygen atoms in total. The summed E-state index contributed by atoms with van der Waals surface area (Å²) in [5.74, 6) is 0.542. The minimum absolute atomic E-state index is 0.147. The molecule has 1 unspecified atom stereocenters. The highest BCUT2D eigenvalue weighted by Gasteiger charge is 2.18. The summed E-state index contributed by atoms with van der Waals surface area (Å²) in [5.41, 5.74) is 3.29. The molecule has 94 valence electrons. The average molecular weight is 242 g/mol. The molecule has 18 heavy (non-hydrogen) atoms. The first-order chi connectivity index (χ1) is 8.58. The molecule has 2 aromatic carbocycles. The average Bonchev–Trinajstić information content (AvgIpc) is 2.28. The van der Waals surface area contributed by atoms with Crippen LogP contribution in [0.1, 0.15) is 36.5 Å². The van der Waals surface area contributed by atoms with Crippen molar-refractivity contribution in [1.82, 2.24) is 0 Å². The van der Waals surface area contributed by atoms with Gasteiger partial charge in [-0.05, 0) is 41.7 Å². The van der Waals surface area contributed by atoms with E-state index in [1.165, 1.54) is 5.56 Å². The SMILES string of the molecule is Cc1cc(F)cc(C(c2ccccc2)C(C)C)c1. The van der Waals surface area contributed by atoms with E-state index in [1.807, 2.05) is 25.1 Å². The maximum atomic E-state index is 13.6. The van der Waals surface area contributed by atoms with E-state index in [4.69, 9.17) is 0 Å². The summed E-state index contributed by atoms with van der Waals surface area (Å²) in [5, 5.41) is 0. The van der Waals surface area contributed by atoms with Crippen LogP contribution in [0, 0.1) is 18.7 Å². The monoisotopic (exact) mass is 242 g/mol. The molecule has 1 atom stereocenters.